The summed E-state index contributed by atoms with van der Waals surface area (Å²) in [5.74, 6) is -6.16. The summed E-state index contributed by atoms with van der Waals surface area (Å²) in [5.41, 5.74) is 4.87. The molecular weight excluding hydrogens is 290 g/mol. The van der Waals surface area contributed by atoms with Gasteiger partial charge in [0.2, 0.25) is 0 Å². The third-order valence-corrected chi connectivity index (χ3v) is 3.15. The Morgan fingerprint density at radius 3 is 2.71 bits per heavy atom. The van der Waals surface area contributed by atoms with E-state index in [0.29, 0.717) is 13.2 Å². The molecule has 1 aromatic rings. The fourth-order valence-electron chi connectivity index (χ4n) is 1.99. The maximum atomic E-state index is 13.4. The quantitative estimate of drug-likeness (QED) is 0.293. The average Bonchev–Trinajstić information content (AvgIpc) is 2.96. The lowest BCUT2D eigenvalue weighted by Gasteiger charge is -2.11. The highest BCUT2D eigenvalue weighted by atomic mass is 19.2. The molecule has 8 heteroatoms. The number of nitrogens with zero attached hydrogens (tertiary/aromatic N) is 1. The Labute approximate surface area is 119 Å². The first-order chi connectivity index (χ1) is 9.99. The van der Waals surface area contributed by atoms with E-state index in [1.54, 1.807) is 0 Å². The lowest BCUT2D eigenvalue weighted by molar-refractivity contribution is 0.114. The van der Waals surface area contributed by atoms with Crippen molar-refractivity contribution in [2.75, 3.05) is 13.2 Å². The molecule has 1 saturated heterocycles. The number of guanidine groups is 1. The van der Waals surface area contributed by atoms with E-state index in [4.69, 9.17) is 10.5 Å². The highest BCUT2D eigenvalue weighted by molar-refractivity contribution is 5.77. The van der Waals surface area contributed by atoms with E-state index in [-0.39, 0.29) is 18.1 Å². The second-order valence-corrected chi connectivity index (χ2v) is 4.66. The second-order valence-electron chi connectivity index (χ2n) is 4.66. The molecule has 2 rings (SSSR count). The topological polar surface area (TPSA) is 59.6 Å². The van der Waals surface area contributed by atoms with E-state index in [0.717, 1.165) is 12.8 Å². The highest BCUT2D eigenvalue weighted by Gasteiger charge is 2.19. The van der Waals surface area contributed by atoms with Gasteiger partial charge < -0.3 is 15.8 Å². The van der Waals surface area contributed by atoms with Crippen LogP contribution in [0, 0.1) is 23.3 Å². The van der Waals surface area contributed by atoms with Gasteiger partial charge in [-0.3, -0.25) is 0 Å². The monoisotopic (exact) mass is 305 g/mol. The molecule has 1 heterocycles. The van der Waals surface area contributed by atoms with Gasteiger partial charge in [0.1, 0.15) is 5.82 Å². The summed E-state index contributed by atoms with van der Waals surface area (Å²) in [5, 5.41) is 2.75. The molecule has 1 aliphatic rings. The molecule has 0 aliphatic carbocycles. The minimum absolute atomic E-state index is 0.0236. The number of halogens is 4. The van der Waals surface area contributed by atoms with Crippen molar-refractivity contribution in [3.05, 3.63) is 34.9 Å². The molecule has 3 N–H and O–H groups in total. The molecule has 0 bridgehead atoms. The van der Waals surface area contributed by atoms with Gasteiger partial charge in [0.25, 0.3) is 0 Å². The number of nitrogens with two attached hydrogens (primary N) is 1. The molecule has 1 unspecified atom stereocenters. The van der Waals surface area contributed by atoms with Crippen LogP contribution >= 0.6 is 0 Å². The minimum Gasteiger partial charge on any atom is -0.376 e. The van der Waals surface area contributed by atoms with Crippen LogP contribution in [-0.2, 0) is 11.3 Å². The SMILES string of the molecule is NC(=NCc1c(F)cc(F)c(F)c1F)NCC1CCCO1. The number of benzene rings is 1. The number of nitrogens with one attached hydrogen (secondary N) is 1. The van der Waals surface area contributed by atoms with Crippen LogP contribution < -0.4 is 11.1 Å². The summed E-state index contributed by atoms with van der Waals surface area (Å²) >= 11 is 0. The van der Waals surface area contributed by atoms with Crippen LogP contribution in [-0.4, -0.2) is 25.2 Å². The van der Waals surface area contributed by atoms with Crippen molar-refractivity contribution >= 4 is 5.96 Å². The van der Waals surface area contributed by atoms with Gasteiger partial charge in [0.05, 0.1) is 12.6 Å². The average molecular weight is 305 g/mol. The van der Waals surface area contributed by atoms with Gasteiger partial charge in [-0.1, -0.05) is 0 Å². The molecular formula is C13H15F4N3O. The van der Waals surface area contributed by atoms with Gasteiger partial charge in [-0.25, -0.2) is 22.6 Å². The van der Waals surface area contributed by atoms with Gasteiger partial charge in [0.15, 0.2) is 23.4 Å². The summed E-state index contributed by atoms with van der Waals surface area (Å²) in [6, 6.07) is 0.277. The van der Waals surface area contributed by atoms with Crippen molar-refractivity contribution in [2.45, 2.75) is 25.5 Å². The maximum absolute atomic E-state index is 13.4. The van der Waals surface area contributed by atoms with E-state index in [1.165, 1.54) is 0 Å². The Kier molecular flexibility index (Phi) is 5.00. The molecule has 1 atom stereocenters. The van der Waals surface area contributed by atoms with Crippen LogP contribution in [0.1, 0.15) is 18.4 Å². The summed E-state index contributed by atoms with van der Waals surface area (Å²) < 4.78 is 57.9. The molecule has 1 aromatic carbocycles. The van der Waals surface area contributed by atoms with Crippen molar-refractivity contribution in [3.8, 4) is 0 Å². The van der Waals surface area contributed by atoms with Gasteiger partial charge in [-0.15, -0.1) is 0 Å². The lowest BCUT2D eigenvalue weighted by atomic mass is 10.2. The van der Waals surface area contributed by atoms with Gasteiger partial charge in [0, 0.05) is 24.8 Å². The summed E-state index contributed by atoms with van der Waals surface area (Å²) in [6.07, 6.45) is 1.89. The number of hydrogen-bond acceptors (Lipinski definition) is 2. The fourth-order valence-corrected chi connectivity index (χ4v) is 1.99. The zero-order chi connectivity index (χ0) is 15.4. The Morgan fingerprint density at radius 1 is 1.29 bits per heavy atom. The van der Waals surface area contributed by atoms with Crippen molar-refractivity contribution in [1.29, 1.82) is 0 Å². The molecule has 0 saturated carbocycles. The van der Waals surface area contributed by atoms with Gasteiger partial charge in [-0.05, 0) is 12.8 Å². The Balaban J connectivity index is 1.97. The lowest BCUT2D eigenvalue weighted by Crippen LogP contribution is -2.37. The van der Waals surface area contributed by atoms with Crippen LogP contribution in [0.5, 0.6) is 0 Å². The van der Waals surface area contributed by atoms with Crippen molar-refractivity contribution in [1.82, 2.24) is 5.32 Å². The van der Waals surface area contributed by atoms with Crippen molar-refractivity contribution in [3.63, 3.8) is 0 Å². The van der Waals surface area contributed by atoms with Crippen molar-refractivity contribution < 1.29 is 22.3 Å². The Bertz CT molecular complexity index is 545. The number of ether oxygens (including phenoxy) is 1. The third kappa shape index (κ3) is 3.84. The molecule has 4 nitrogen and oxygen atoms in total. The number of hydrogen-bond donors (Lipinski definition) is 2. The number of aliphatic imine (C=N–C) groups is 1. The standard InChI is InChI=1S/C13H15F4N3O/c14-9-4-10(15)12(17)11(16)8(9)6-20-13(18)19-5-7-2-1-3-21-7/h4,7H,1-3,5-6H2,(H3,18,19,20). The van der Waals surface area contributed by atoms with Crippen LogP contribution in [0.4, 0.5) is 17.6 Å². The van der Waals surface area contributed by atoms with E-state index >= 15 is 0 Å². The van der Waals surface area contributed by atoms with E-state index in [1.807, 2.05) is 0 Å². The van der Waals surface area contributed by atoms with Crippen LogP contribution in [0.15, 0.2) is 11.1 Å². The third-order valence-electron chi connectivity index (χ3n) is 3.15. The molecule has 1 aliphatic heterocycles. The molecule has 0 aromatic heterocycles. The molecule has 0 spiro atoms. The van der Waals surface area contributed by atoms with Crippen LogP contribution in [0.3, 0.4) is 0 Å². The van der Waals surface area contributed by atoms with Crippen LogP contribution in [0.25, 0.3) is 0 Å². The van der Waals surface area contributed by atoms with Gasteiger partial charge in [-0.2, -0.15) is 0 Å². The normalized spacial score (nSPS) is 19.0. The summed E-state index contributed by atoms with van der Waals surface area (Å²) in [7, 11) is 0. The highest BCUT2D eigenvalue weighted by Crippen LogP contribution is 2.19. The van der Waals surface area contributed by atoms with Crippen molar-refractivity contribution in [2.24, 2.45) is 10.7 Å². The van der Waals surface area contributed by atoms with Crippen LogP contribution in [0.2, 0.25) is 0 Å². The smallest absolute Gasteiger partial charge is 0.194 e. The first-order valence-electron chi connectivity index (χ1n) is 6.46. The van der Waals surface area contributed by atoms with E-state index in [2.05, 4.69) is 10.3 Å². The summed E-state index contributed by atoms with van der Waals surface area (Å²) in [6.45, 7) is 0.589. The molecule has 116 valence electrons. The molecule has 1 fully saturated rings. The second kappa shape index (κ2) is 6.75. The Morgan fingerprint density at radius 2 is 2.05 bits per heavy atom. The predicted octanol–water partition coefficient (Wildman–Crippen LogP) is 1.83. The zero-order valence-electron chi connectivity index (χ0n) is 11.1. The van der Waals surface area contributed by atoms with Gasteiger partial charge >= 0.3 is 0 Å². The molecule has 21 heavy (non-hydrogen) atoms. The Hall–Kier alpha value is -1.83. The maximum Gasteiger partial charge on any atom is 0.194 e. The van der Waals surface area contributed by atoms with E-state index in [9.17, 15) is 17.6 Å². The zero-order valence-corrected chi connectivity index (χ0v) is 11.1. The summed E-state index contributed by atoms with van der Waals surface area (Å²) in [4.78, 5) is 3.71. The number of rotatable bonds is 4. The molecule has 0 amide bonds. The largest absolute Gasteiger partial charge is 0.376 e. The molecule has 0 radical (unpaired) electrons. The minimum atomic E-state index is -1.73. The first kappa shape index (κ1) is 15.6. The first-order valence-corrected chi connectivity index (χ1v) is 6.46. The predicted molar refractivity (Wildman–Crippen MR) is 68.6 cm³/mol. The fraction of sp³-hybridized carbons (Fsp3) is 0.462. The van der Waals surface area contributed by atoms with E-state index < -0.39 is 35.4 Å².